The van der Waals surface area contributed by atoms with Crippen LogP contribution in [0.25, 0.3) is 11.0 Å². The molecule has 0 saturated carbocycles. The van der Waals surface area contributed by atoms with Crippen LogP contribution in [0.5, 0.6) is 0 Å². The van der Waals surface area contributed by atoms with E-state index in [0.29, 0.717) is 29.9 Å². The molecule has 2 aromatic heterocycles. The Balaban J connectivity index is 1.77. The second-order valence-electron chi connectivity index (χ2n) is 7.35. The van der Waals surface area contributed by atoms with Gasteiger partial charge in [0.05, 0.1) is 12.1 Å². The van der Waals surface area contributed by atoms with Crippen LogP contribution in [0, 0.1) is 4.91 Å². The summed E-state index contributed by atoms with van der Waals surface area (Å²) in [7, 11) is 0. The Bertz CT molecular complexity index is 1300. The fraction of sp³-hybridized carbons (Fsp3) is 0.174. The Hall–Kier alpha value is -4.27. The van der Waals surface area contributed by atoms with Gasteiger partial charge in [-0.25, -0.2) is 9.78 Å². The molecule has 4 rings (SSSR count). The van der Waals surface area contributed by atoms with Crippen LogP contribution in [-0.2, 0) is 13.1 Å². The molecule has 162 valence electrons. The number of hydrogen-bond donors (Lipinski definition) is 3. The molecule has 0 saturated heterocycles. The van der Waals surface area contributed by atoms with Gasteiger partial charge in [0, 0.05) is 6.54 Å². The predicted molar refractivity (Wildman–Crippen MR) is 122 cm³/mol. The van der Waals surface area contributed by atoms with Crippen LogP contribution >= 0.6 is 0 Å². The molecule has 0 spiro atoms. The van der Waals surface area contributed by atoms with Crippen molar-refractivity contribution in [2.24, 2.45) is 5.18 Å². The Morgan fingerprint density at radius 3 is 2.41 bits per heavy atom. The van der Waals surface area contributed by atoms with Gasteiger partial charge in [-0.05, 0) is 29.3 Å². The van der Waals surface area contributed by atoms with E-state index < -0.39 is 12.1 Å². The highest BCUT2D eigenvalue weighted by molar-refractivity contribution is 5.98. The van der Waals surface area contributed by atoms with Gasteiger partial charge >= 0.3 is 5.69 Å². The number of imidazole rings is 1. The molecule has 2 aromatic carbocycles. The van der Waals surface area contributed by atoms with Crippen molar-refractivity contribution in [3.63, 3.8) is 0 Å². The summed E-state index contributed by atoms with van der Waals surface area (Å²) in [6.45, 7) is 2.25. The second-order valence-corrected chi connectivity index (χ2v) is 7.35. The van der Waals surface area contributed by atoms with Crippen molar-refractivity contribution in [3.8, 4) is 0 Å². The van der Waals surface area contributed by atoms with Crippen LogP contribution in [0.1, 0.15) is 28.5 Å². The highest BCUT2D eigenvalue weighted by Gasteiger charge is 2.19. The van der Waals surface area contributed by atoms with E-state index in [0.717, 1.165) is 11.1 Å². The number of fused-ring (bicyclic) bond motifs is 1. The molecule has 0 aliphatic carbocycles. The van der Waals surface area contributed by atoms with Crippen molar-refractivity contribution in [2.75, 3.05) is 5.32 Å². The van der Waals surface area contributed by atoms with Gasteiger partial charge in [-0.1, -0.05) is 60.7 Å². The van der Waals surface area contributed by atoms with Crippen LogP contribution < -0.4 is 16.3 Å². The normalized spacial score (nSPS) is 11.8. The maximum Gasteiger partial charge on any atom is 0.326 e. The van der Waals surface area contributed by atoms with E-state index in [1.807, 2.05) is 60.7 Å². The Morgan fingerprint density at radius 1 is 1.09 bits per heavy atom. The smallest absolute Gasteiger partial charge is 0.326 e. The van der Waals surface area contributed by atoms with Crippen LogP contribution in [-0.4, -0.2) is 26.6 Å². The highest BCUT2D eigenvalue weighted by Crippen LogP contribution is 2.22. The van der Waals surface area contributed by atoms with Gasteiger partial charge < -0.3 is 15.6 Å². The van der Waals surface area contributed by atoms with Gasteiger partial charge in [0.15, 0.2) is 12.0 Å². The molecule has 9 nitrogen and oxygen atoms in total. The number of pyridine rings is 1. The second kappa shape index (κ2) is 9.25. The summed E-state index contributed by atoms with van der Waals surface area (Å²) in [5.41, 5.74) is 2.75. The molecule has 3 N–H and O–H groups in total. The Labute approximate surface area is 183 Å². The van der Waals surface area contributed by atoms with Gasteiger partial charge in [-0.15, -0.1) is 4.91 Å². The molecular weight excluding hydrogens is 408 g/mol. The summed E-state index contributed by atoms with van der Waals surface area (Å²) in [6, 6.07) is 20.8. The lowest BCUT2D eigenvalue weighted by Gasteiger charge is -2.11. The van der Waals surface area contributed by atoms with Crippen molar-refractivity contribution < 1.29 is 4.79 Å². The molecule has 0 radical (unpaired) electrons. The maximum atomic E-state index is 12.8. The molecule has 1 amide bonds. The van der Waals surface area contributed by atoms with Crippen molar-refractivity contribution in [3.05, 3.63) is 98.9 Å². The minimum atomic E-state index is -0.904. The first-order chi connectivity index (χ1) is 15.5. The Morgan fingerprint density at radius 2 is 1.75 bits per heavy atom. The summed E-state index contributed by atoms with van der Waals surface area (Å²) >= 11 is 0. The van der Waals surface area contributed by atoms with E-state index in [9.17, 15) is 14.5 Å². The molecule has 32 heavy (non-hydrogen) atoms. The van der Waals surface area contributed by atoms with E-state index in [2.05, 4.69) is 25.8 Å². The molecule has 9 heteroatoms. The lowest BCUT2D eigenvalue weighted by Crippen LogP contribution is -2.31. The molecule has 1 unspecified atom stereocenters. The number of carbonyl (C=O) groups excluding carboxylic acids is 1. The summed E-state index contributed by atoms with van der Waals surface area (Å²) in [4.78, 5) is 43.4. The molecular formula is C23H22N6O3. The number of aromatic amines is 1. The van der Waals surface area contributed by atoms with Crippen LogP contribution in [0.4, 0.5) is 5.82 Å². The molecule has 4 aromatic rings. The SMILES string of the molecule is CC(N=O)NC(=O)c1cc2c([nH]c(=O)n2Cc2ccccc2)c(NCc2ccccc2)n1. The third-order valence-corrected chi connectivity index (χ3v) is 4.98. The number of hydrogen-bond acceptors (Lipinski definition) is 6. The molecule has 0 aliphatic rings. The lowest BCUT2D eigenvalue weighted by molar-refractivity contribution is 0.0936. The number of nitrogens with zero attached hydrogens (tertiary/aromatic N) is 3. The van der Waals surface area contributed by atoms with Gasteiger partial charge in [-0.3, -0.25) is 9.36 Å². The third kappa shape index (κ3) is 4.56. The number of rotatable bonds is 8. The van der Waals surface area contributed by atoms with Crippen molar-refractivity contribution in [1.82, 2.24) is 19.9 Å². The van der Waals surface area contributed by atoms with E-state index in [1.165, 1.54) is 13.0 Å². The Kier molecular flexibility index (Phi) is 6.07. The van der Waals surface area contributed by atoms with E-state index in [1.54, 1.807) is 4.57 Å². The van der Waals surface area contributed by atoms with Crippen LogP contribution in [0.15, 0.2) is 76.7 Å². The quantitative estimate of drug-likeness (QED) is 0.371. The highest BCUT2D eigenvalue weighted by atomic mass is 16.3. The van der Waals surface area contributed by atoms with Gasteiger partial charge in [0.25, 0.3) is 5.91 Å². The van der Waals surface area contributed by atoms with E-state index >= 15 is 0 Å². The zero-order chi connectivity index (χ0) is 22.5. The summed E-state index contributed by atoms with van der Waals surface area (Å²) in [5.74, 6) is -0.186. The molecule has 2 heterocycles. The number of benzene rings is 2. The van der Waals surface area contributed by atoms with Crippen molar-refractivity contribution >= 4 is 22.8 Å². The largest absolute Gasteiger partial charge is 0.364 e. The molecule has 1 atom stereocenters. The van der Waals surface area contributed by atoms with Crippen LogP contribution in [0.2, 0.25) is 0 Å². The zero-order valence-corrected chi connectivity index (χ0v) is 17.4. The minimum Gasteiger partial charge on any atom is -0.364 e. The summed E-state index contributed by atoms with van der Waals surface area (Å²) in [6.07, 6.45) is -0.904. The maximum absolute atomic E-state index is 12.8. The monoisotopic (exact) mass is 430 g/mol. The number of H-pyrrole nitrogens is 1. The standard InChI is InChI=1S/C23H22N6O3/c1-15(28-32)25-22(30)18-12-19-20(21(26-18)24-13-16-8-4-2-5-9-16)27-23(31)29(19)14-17-10-6-3-7-11-17/h2-12,15H,13-14H2,1H3,(H,24,26)(H,25,30)(H,27,31). The van der Waals surface area contributed by atoms with Crippen molar-refractivity contribution in [2.45, 2.75) is 26.2 Å². The number of carbonyl (C=O) groups is 1. The fourth-order valence-electron chi connectivity index (χ4n) is 3.39. The first-order valence-electron chi connectivity index (χ1n) is 10.1. The number of aromatic nitrogens is 3. The van der Waals surface area contributed by atoms with E-state index in [4.69, 9.17) is 0 Å². The topological polar surface area (TPSA) is 121 Å². The number of anilines is 1. The minimum absolute atomic E-state index is 0.0735. The number of nitrogens with one attached hydrogen (secondary N) is 3. The molecule has 0 aliphatic heterocycles. The average Bonchev–Trinajstić information content (AvgIpc) is 3.13. The number of nitroso groups, excluding NO2 is 1. The fourth-order valence-corrected chi connectivity index (χ4v) is 3.39. The zero-order valence-electron chi connectivity index (χ0n) is 17.4. The van der Waals surface area contributed by atoms with Crippen molar-refractivity contribution in [1.29, 1.82) is 0 Å². The lowest BCUT2D eigenvalue weighted by atomic mass is 10.2. The first kappa shape index (κ1) is 21.0. The number of amides is 1. The van der Waals surface area contributed by atoms with E-state index in [-0.39, 0.29) is 11.4 Å². The summed E-state index contributed by atoms with van der Waals surface area (Å²) in [5, 5.41) is 8.50. The molecule has 0 fully saturated rings. The first-order valence-corrected chi connectivity index (χ1v) is 10.1. The van der Waals surface area contributed by atoms with Gasteiger partial charge in [0.2, 0.25) is 0 Å². The molecule has 0 bridgehead atoms. The van der Waals surface area contributed by atoms with Crippen LogP contribution in [0.3, 0.4) is 0 Å². The summed E-state index contributed by atoms with van der Waals surface area (Å²) < 4.78 is 1.55. The average molecular weight is 430 g/mol. The third-order valence-electron chi connectivity index (χ3n) is 4.98. The van der Waals surface area contributed by atoms with Gasteiger partial charge in [0.1, 0.15) is 11.2 Å². The van der Waals surface area contributed by atoms with Gasteiger partial charge in [-0.2, -0.15) is 0 Å². The predicted octanol–water partition coefficient (Wildman–Crippen LogP) is 3.23.